The third-order valence-electron chi connectivity index (χ3n) is 3.93. The average molecular weight is 404 g/mol. The SMILES string of the molecule is O=S(=O)(Nc1ccc(F)c(F)c1Nc1ccccc1Cl)N1CCC(O)C1. The van der Waals surface area contributed by atoms with E-state index >= 15 is 0 Å². The Morgan fingerprint density at radius 1 is 1.15 bits per heavy atom. The van der Waals surface area contributed by atoms with Crippen molar-refractivity contribution in [3.63, 3.8) is 0 Å². The molecule has 140 valence electrons. The monoisotopic (exact) mass is 403 g/mol. The van der Waals surface area contributed by atoms with E-state index in [-0.39, 0.29) is 35.2 Å². The first-order valence-corrected chi connectivity index (χ1v) is 9.55. The first-order chi connectivity index (χ1) is 12.3. The van der Waals surface area contributed by atoms with Gasteiger partial charge in [0.15, 0.2) is 11.6 Å². The topological polar surface area (TPSA) is 81.7 Å². The lowest BCUT2D eigenvalue weighted by molar-refractivity contribution is 0.189. The molecule has 2 aromatic carbocycles. The molecule has 1 fully saturated rings. The van der Waals surface area contributed by atoms with Crippen molar-refractivity contribution in [2.75, 3.05) is 23.1 Å². The molecule has 10 heteroatoms. The number of hydrogen-bond acceptors (Lipinski definition) is 4. The zero-order chi connectivity index (χ0) is 18.9. The Hall–Kier alpha value is -1.94. The smallest absolute Gasteiger partial charge is 0.301 e. The van der Waals surface area contributed by atoms with Gasteiger partial charge in [-0.05, 0) is 30.7 Å². The third kappa shape index (κ3) is 3.90. The maximum absolute atomic E-state index is 14.3. The molecule has 3 rings (SSSR count). The molecular weight excluding hydrogens is 388 g/mol. The minimum atomic E-state index is -4.04. The number of rotatable bonds is 5. The van der Waals surface area contributed by atoms with Gasteiger partial charge in [0.1, 0.15) is 5.69 Å². The molecule has 0 amide bonds. The second kappa shape index (κ2) is 7.36. The molecule has 0 radical (unpaired) electrons. The summed E-state index contributed by atoms with van der Waals surface area (Å²) in [6.07, 6.45) is -0.444. The van der Waals surface area contributed by atoms with Crippen LogP contribution in [-0.4, -0.2) is 37.0 Å². The largest absolute Gasteiger partial charge is 0.392 e. The van der Waals surface area contributed by atoms with Crippen LogP contribution in [0.3, 0.4) is 0 Å². The first-order valence-electron chi connectivity index (χ1n) is 7.73. The predicted molar refractivity (Wildman–Crippen MR) is 95.8 cm³/mol. The van der Waals surface area contributed by atoms with Gasteiger partial charge in [-0.3, -0.25) is 4.72 Å². The van der Waals surface area contributed by atoms with Crippen molar-refractivity contribution >= 4 is 38.9 Å². The zero-order valence-corrected chi connectivity index (χ0v) is 15.0. The maximum atomic E-state index is 14.3. The van der Waals surface area contributed by atoms with Crippen molar-refractivity contribution in [3.05, 3.63) is 53.1 Å². The van der Waals surface area contributed by atoms with Crippen LogP contribution in [0.1, 0.15) is 6.42 Å². The fourth-order valence-electron chi connectivity index (χ4n) is 2.59. The minimum Gasteiger partial charge on any atom is -0.392 e. The van der Waals surface area contributed by atoms with Gasteiger partial charge in [-0.25, -0.2) is 8.78 Å². The molecule has 1 heterocycles. The number of aliphatic hydroxyl groups is 1. The summed E-state index contributed by atoms with van der Waals surface area (Å²) in [5, 5.41) is 12.4. The number of hydrogen-bond donors (Lipinski definition) is 3. The van der Waals surface area contributed by atoms with Gasteiger partial charge in [-0.2, -0.15) is 12.7 Å². The summed E-state index contributed by atoms with van der Waals surface area (Å²) >= 11 is 6.02. The Labute approximate surface area is 154 Å². The van der Waals surface area contributed by atoms with E-state index < -0.39 is 27.9 Å². The summed E-state index contributed by atoms with van der Waals surface area (Å²) in [6, 6.07) is 8.34. The second-order valence-electron chi connectivity index (χ2n) is 5.80. The van der Waals surface area contributed by atoms with E-state index in [1.54, 1.807) is 24.3 Å². The lowest BCUT2D eigenvalue weighted by atomic mass is 10.2. The van der Waals surface area contributed by atoms with Crippen LogP contribution in [0.2, 0.25) is 5.02 Å². The van der Waals surface area contributed by atoms with Gasteiger partial charge in [0.2, 0.25) is 0 Å². The van der Waals surface area contributed by atoms with E-state index in [9.17, 15) is 22.3 Å². The van der Waals surface area contributed by atoms with Gasteiger partial charge >= 0.3 is 10.2 Å². The number of aliphatic hydroxyl groups excluding tert-OH is 1. The number of nitrogens with zero attached hydrogens (tertiary/aromatic N) is 1. The molecule has 3 N–H and O–H groups in total. The molecule has 6 nitrogen and oxygen atoms in total. The number of anilines is 3. The van der Waals surface area contributed by atoms with Gasteiger partial charge in [0.25, 0.3) is 0 Å². The van der Waals surface area contributed by atoms with Gasteiger partial charge in [0.05, 0.1) is 22.5 Å². The molecule has 1 aliphatic rings. The summed E-state index contributed by atoms with van der Waals surface area (Å²) in [6.45, 7) is 0.0692. The van der Waals surface area contributed by atoms with E-state index in [1.165, 1.54) is 0 Å². The molecule has 1 aliphatic heterocycles. The Balaban J connectivity index is 1.95. The minimum absolute atomic E-state index is 0.0632. The molecule has 0 spiro atoms. The Morgan fingerprint density at radius 3 is 2.54 bits per heavy atom. The fraction of sp³-hybridized carbons (Fsp3) is 0.250. The number of halogens is 3. The van der Waals surface area contributed by atoms with Gasteiger partial charge in [-0.15, -0.1) is 0 Å². The van der Waals surface area contributed by atoms with Crippen LogP contribution in [0.15, 0.2) is 36.4 Å². The number of benzene rings is 2. The summed E-state index contributed by atoms with van der Waals surface area (Å²) in [4.78, 5) is 0. The molecule has 2 aromatic rings. The maximum Gasteiger partial charge on any atom is 0.301 e. The molecule has 0 aromatic heterocycles. The lowest BCUT2D eigenvalue weighted by Gasteiger charge is -2.20. The van der Waals surface area contributed by atoms with Crippen LogP contribution in [0, 0.1) is 11.6 Å². The molecular formula is C16H16ClF2N3O3S. The quantitative estimate of drug-likeness (QED) is 0.716. The van der Waals surface area contributed by atoms with E-state index in [0.29, 0.717) is 6.42 Å². The second-order valence-corrected chi connectivity index (χ2v) is 7.87. The van der Waals surface area contributed by atoms with Crippen molar-refractivity contribution in [1.82, 2.24) is 4.31 Å². The van der Waals surface area contributed by atoms with Crippen molar-refractivity contribution in [3.8, 4) is 0 Å². The number of para-hydroxylation sites is 1. The third-order valence-corrected chi connectivity index (χ3v) is 5.75. The molecule has 1 unspecified atom stereocenters. The van der Waals surface area contributed by atoms with Crippen molar-refractivity contribution in [2.24, 2.45) is 0 Å². The van der Waals surface area contributed by atoms with Gasteiger partial charge in [0, 0.05) is 13.1 Å². The fourth-order valence-corrected chi connectivity index (χ4v) is 4.06. The molecule has 26 heavy (non-hydrogen) atoms. The highest BCUT2D eigenvalue weighted by Gasteiger charge is 2.31. The van der Waals surface area contributed by atoms with Crippen molar-refractivity contribution in [1.29, 1.82) is 0 Å². The Morgan fingerprint density at radius 2 is 1.88 bits per heavy atom. The Kier molecular flexibility index (Phi) is 5.33. The lowest BCUT2D eigenvalue weighted by Crippen LogP contribution is -2.34. The van der Waals surface area contributed by atoms with Crippen LogP contribution in [0.25, 0.3) is 0 Å². The highest BCUT2D eigenvalue weighted by Crippen LogP contribution is 2.34. The van der Waals surface area contributed by atoms with Crippen LogP contribution in [0.4, 0.5) is 25.8 Å². The van der Waals surface area contributed by atoms with Crippen LogP contribution < -0.4 is 10.0 Å². The number of nitrogens with one attached hydrogen (secondary N) is 2. The highest BCUT2D eigenvalue weighted by molar-refractivity contribution is 7.90. The summed E-state index contributed by atoms with van der Waals surface area (Å²) in [5.74, 6) is -2.38. The van der Waals surface area contributed by atoms with E-state index in [1.807, 2.05) is 0 Å². The number of β-amino-alcohol motifs (C(OH)–C–C–N with tert-alkyl or cyclic N) is 1. The highest BCUT2D eigenvalue weighted by atomic mass is 35.5. The standard InChI is InChI=1S/C16H16ClF2N3O3S/c17-11-3-1-2-4-13(11)20-16-14(6-5-12(18)15(16)19)21-26(24,25)22-8-7-10(23)9-22/h1-6,10,20-21,23H,7-9H2. The molecule has 0 bridgehead atoms. The molecule has 1 saturated heterocycles. The van der Waals surface area contributed by atoms with Crippen LogP contribution >= 0.6 is 11.6 Å². The average Bonchev–Trinajstić information content (AvgIpc) is 3.03. The van der Waals surface area contributed by atoms with E-state index in [2.05, 4.69) is 10.0 Å². The van der Waals surface area contributed by atoms with Crippen molar-refractivity contribution < 1.29 is 22.3 Å². The summed E-state index contributed by atoms with van der Waals surface area (Å²) in [7, 11) is -4.04. The van der Waals surface area contributed by atoms with Crippen LogP contribution in [-0.2, 0) is 10.2 Å². The van der Waals surface area contributed by atoms with E-state index in [4.69, 9.17) is 11.6 Å². The van der Waals surface area contributed by atoms with Gasteiger partial charge in [-0.1, -0.05) is 23.7 Å². The van der Waals surface area contributed by atoms with Crippen molar-refractivity contribution in [2.45, 2.75) is 12.5 Å². The van der Waals surface area contributed by atoms with E-state index in [0.717, 1.165) is 16.4 Å². The zero-order valence-electron chi connectivity index (χ0n) is 13.4. The normalized spacial score (nSPS) is 18.1. The summed E-state index contributed by atoms with van der Waals surface area (Å²) in [5.41, 5.74) is -0.276. The summed E-state index contributed by atoms with van der Waals surface area (Å²) < 4.78 is 56.2. The predicted octanol–water partition coefficient (Wildman–Crippen LogP) is 3.09. The Bertz CT molecular complexity index is 927. The molecule has 0 aliphatic carbocycles. The van der Waals surface area contributed by atoms with Gasteiger partial charge < -0.3 is 10.4 Å². The first kappa shape index (κ1) is 18.8. The molecule has 1 atom stereocenters. The molecule has 0 saturated carbocycles. The van der Waals surface area contributed by atoms with Crippen LogP contribution in [0.5, 0.6) is 0 Å².